The highest BCUT2D eigenvalue weighted by molar-refractivity contribution is 5.79. The van der Waals surface area contributed by atoms with Gasteiger partial charge in [0.15, 0.2) is 0 Å². The third kappa shape index (κ3) is 4.35. The van der Waals surface area contributed by atoms with Crippen LogP contribution in [0.25, 0.3) is 0 Å². The summed E-state index contributed by atoms with van der Waals surface area (Å²) in [6, 6.07) is 15.8. The number of nitrogen functional groups attached to an aromatic ring is 1. The summed E-state index contributed by atoms with van der Waals surface area (Å²) in [6.07, 6.45) is 0.370. The molecule has 0 radical (unpaired) electrons. The van der Waals surface area contributed by atoms with Crippen LogP contribution in [0.4, 0.5) is 5.69 Å². The van der Waals surface area contributed by atoms with Crippen LogP contribution in [0, 0.1) is 0 Å². The Balaban J connectivity index is 1.94. The van der Waals surface area contributed by atoms with Crippen LogP contribution in [0.15, 0.2) is 48.5 Å². The van der Waals surface area contributed by atoms with Gasteiger partial charge in [-0.15, -0.1) is 0 Å². The van der Waals surface area contributed by atoms with Gasteiger partial charge in [0, 0.05) is 5.69 Å². The Bertz CT molecular complexity index is 615. The number of carbonyl (C=O) groups is 1. The SMILES string of the molecule is CC(C)c1ccc(C(C)NC(=O)Cc2ccc(N)cc2)cc1. The fourth-order valence-corrected chi connectivity index (χ4v) is 2.37. The predicted molar refractivity (Wildman–Crippen MR) is 91.6 cm³/mol. The molecular weight excluding hydrogens is 272 g/mol. The molecule has 1 atom stereocenters. The van der Waals surface area contributed by atoms with Crippen molar-refractivity contribution in [2.24, 2.45) is 0 Å². The van der Waals surface area contributed by atoms with E-state index >= 15 is 0 Å². The lowest BCUT2D eigenvalue weighted by Crippen LogP contribution is -2.28. The molecule has 22 heavy (non-hydrogen) atoms. The largest absolute Gasteiger partial charge is 0.399 e. The fraction of sp³-hybridized carbons (Fsp3) is 0.316. The average Bonchev–Trinajstić information content (AvgIpc) is 2.49. The lowest BCUT2D eigenvalue weighted by atomic mass is 9.99. The number of nitrogens with two attached hydrogens (primary N) is 1. The van der Waals surface area contributed by atoms with E-state index in [4.69, 9.17) is 5.73 Å². The molecule has 3 nitrogen and oxygen atoms in total. The Morgan fingerprint density at radius 1 is 0.955 bits per heavy atom. The molecule has 0 spiro atoms. The summed E-state index contributed by atoms with van der Waals surface area (Å²) in [5, 5.41) is 3.04. The topological polar surface area (TPSA) is 55.1 Å². The summed E-state index contributed by atoms with van der Waals surface area (Å²) in [6.45, 7) is 6.35. The van der Waals surface area contributed by atoms with E-state index in [2.05, 4.69) is 43.4 Å². The van der Waals surface area contributed by atoms with Crippen molar-refractivity contribution in [2.45, 2.75) is 39.2 Å². The summed E-state index contributed by atoms with van der Waals surface area (Å²) in [5.74, 6) is 0.537. The van der Waals surface area contributed by atoms with Crippen molar-refractivity contribution < 1.29 is 4.79 Å². The third-order valence-electron chi connectivity index (χ3n) is 3.83. The maximum absolute atomic E-state index is 12.1. The van der Waals surface area contributed by atoms with E-state index in [1.165, 1.54) is 5.56 Å². The second kappa shape index (κ2) is 7.12. The van der Waals surface area contributed by atoms with Crippen LogP contribution in [0.3, 0.4) is 0 Å². The van der Waals surface area contributed by atoms with Crippen molar-refractivity contribution >= 4 is 11.6 Å². The molecule has 0 bridgehead atoms. The van der Waals surface area contributed by atoms with Gasteiger partial charge in [0.25, 0.3) is 0 Å². The highest BCUT2D eigenvalue weighted by Gasteiger charge is 2.10. The molecule has 0 aliphatic heterocycles. The Morgan fingerprint density at radius 2 is 1.50 bits per heavy atom. The maximum Gasteiger partial charge on any atom is 0.224 e. The van der Waals surface area contributed by atoms with Crippen LogP contribution in [-0.4, -0.2) is 5.91 Å². The monoisotopic (exact) mass is 296 g/mol. The molecule has 116 valence electrons. The minimum absolute atomic E-state index is 0.00231. The van der Waals surface area contributed by atoms with E-state index in [0.29, 0.717) is 18.0 Å². The van der Waals surface area contributed by atoms with Crippen molar-refractivity contribution in [3.05, 3.63) is 65.2 Å². The standard InChI is InChI=1S/C19H24N2O/c1-13(2)16-6-8-17(9-7-16)14(3)21-19(22)12-15-4-10-18(20)11-5-15/h4-11,13-14H,12,20H2,1-3H3,(H,21,22). The molecule has 0 aliphatic rings. The van der Waals surface area contributed by atoms with Gasteiger partial charge in [0.05, 0.1) is 12.5 Å². The fourth-order valence-electron chi connectivity index (χ4n) is 2.37. The number of benzene rings is 2. The quantitative estimate of drug-likeness (QED) is 0.824. The number of hydrogen-bond donors (Lipinski definition) is 2. The highest BCUT2D eigenvalue weighted by atomic mass is 16.1. The zero-order valence-electron chi connectivity index (χ0n) is 13.5. The lowest BCUT2D eigenvalue weighted by molar-refractivity contribution is -0.121. The van der Waals surface area contributed by atoms with Gasteiger partial charge in [0.1, 0.15) is 0 Å². The first-order valence-corrected chi connectivity index (χ1v) is 7.69. The first kappa shape index (κ1) is 16.1. The molecule has 0 heterocycles. The van der Waals surface area contributed by atoms with Crippen LogP contribution in [0.2, 0.25) is 0 Å². The van der Waals surface area contributed by atoms with Crippen molar-refractivity contribution in [2.75, 3.05) is 5.73 Å². The summed E-state index contributed by atoms with van der Waals surface area (Å²) >= 11 is 0. The predicted octanol–water partition coefficient (Wildman–Crippen LogP) is 3.81. The van der Waals surface area contributed by atoms with Crippen LogP contribution < -0.4 is 11.1 Å². The van der Waals surface area contributed by atoms with E-state index in [1.54, 1.807) is 0 Å². The van der Waals surface area contributed by atoms with Crippen LogP contribution in [-0.2, 0) is 11.2 Å². The molecule has 3 heteroatoms. The van der Waals surface area contributed by atoms with Gasteiger partial charge >= 0.3 is 0 Å². The zero-order valence-corrected chi connectivity index (χ0v) is 13.5. The normalized spacial score (nSPS) is 12.2. The molecule has 2 aromatic rings. The first-order chi connectivity index (χ1) is 10.5. The van der Waals surface area contributed by atoms with Gasteiger partial charge < -0.3 is 11.1 Å². The molecule has 1 amide bonds. The molecule has 2 aromatic carbocycles. The lowest BCUT2D eigenvalue weighted by Gasteiger charge is -2.15. The average molecular weight is 296 g/mol. The Morgan fingerprint density at radius 3 is 2.05 bits per heavy atom. The summed E-state index contributed by atoms with van der Waals surface area (Å²) in [7, 11) is 0. The van der Waals surface area contributed by atoms with Gasteiger partial charge in [-0.1, -0.05) is 50.2 Å². The zero-order chi connectivity index (χ0) is 16.1. The van der Waals surface area contributed by atoms with E-state index < -0.39 is 0 Å². The van der Waals surface area contributed by atoms with Gasteiger partial charge in [-0.3, -0.25) is 4.79 Å². The second-order valence-corrected chi connectivity index (χ2v) is 6.03. The second-order valence-electron chi connectivity index (χ2n) is 6.03. The number of amides is 1. The molecule has 0 saturated heterocycles. The molecule has 2 rings (SSSR count). The molecule has 1 unspecified atom stereocenters. The van der Waals surface area contributed by atoms with Crippen LogP contribution in [0.5, 0.6) is 0 Å². The minimum atomic E-state index is 0.00231. The van der Waals surface area contributed by atoms with Gasteiger partial charge in [-0.05, 0) is 41.7 Å². The van der Waals surface area contributed by atoms with E-state index in [1.807, 2.05) is 31.2 Å². The Labute approximate surface area is 132 Å². The van der Waals surface area contributed by atoms with Crippen LogP contribution in [0.1, 0.15) is 49.4 Å². The number of anilines is 1. The van der Waals surface area contributed by atoms with Crippen molar-refractivity contribution in [3.8, 4) is 0 Å². The minimum Gasteiger partial charge on any atom is -0.399 e. The van der Waals surface area contributed by atoms with Gasteiger partial charge in [-0.25, -0.2) is 0 Å². The number of nitrogens with one attached hydrogen (secondary N) is 1. The van der Waals surface area contributed by atoms with Crippen LogP contribution >= 0.6 is 0 Å². The number of hydrogen-bond acceptors (Lipinski definition) is 2. The summed E-state index contributed by atoms with van der Waals surface area (Å²) < 4.78 is 0. The summed E-state index contributed by atoms with van der Waals surface area (Å²) in [4.78, 5) is 12.1. The molecule has 0 aromatic heterocycles. The van der Waals surface area contributed by atoms with Crippen molar-refractivity contribution in [3.63, 3.8) is 0 Å². The van der Waals surface area contributed by atoms with E-state index in [9.17, 15) is 4.79 Å². The molecule has 0 aliphatic carbocycles. The molecular formula is C19H24N2O. The summed E-state index contributed by atoms with van der Waals surface area (Å²) in [5.41, 5.74) is 9.75. The first-order valence-electron chi connectivity index (χ1n) is 7.69. The van der Waals surface area contributed by atoms with Gasteiger partial charge in [-0.2, -0.15) is 0 Å². The Hall–Kier alpha value is -2.29. The van der Waals surface area contributed by atoms with E-state index in [0.717, 1.165) is 11.1 Å². The number of rotatable bonds is 5. The smallest absolute Gasteiger partial charge is 0.224 e. The van der Waals surface area contributed by atoms with Crippen molar-refractivity contribution in [1.82, 2.24) is 5.32 Å². The molecule has 0 fully saturated rings. The maximum atomic E-state index is 12.1. The van der Waals surface area contributed by atoms with Gasteiger partial charge in [0.2, 0.25) is 5.91 Å². The van der Waals surface area contributed by atoms with E-state index in [-0.39, 0.29) is 11.9 Å². The molecule has 3 N–H and O–H groups in total. The third-order valence-corrected chi connectivity index (χ3v) is 3.83. The van der Waals surface area contributed by atoms with Crippen molar-refractivity contribution in [1.29, 1.82) is 0 Å². The highest BCUT2D eigenvalue weighted by Crippen LogP contribution is 2.18. The molecule has 0 saturated carbocycles. The number of carbonyl (C=O) groups excluding carboxylic acids is 1. The Kier molecular flexibility index (Phi) is 5.21.